The Kier molecular flexibility index (Phi) is 8.17. The van der Waals surface area contributed by atoms with Crippen molar-refractivity contribution in [1.29, 1.82) is 0 Å². The van der Waals surface area contributed by atoms with Crippen molar-refractivity contribution in [3.8, 4) is 17.2 Å². The fourth-order valence-electron chi connectivity index (χ4n) is 4.33. The molecule has 3 rings (SSSR count). The van der Waals surface area contributed by atoms with Gasteiger partial charge in [-0.25, -0.2) is 13.2 Å². The standard InChI is InChI=1S/C25H35N3O6S/c1-8-34-20-9-11-21-22(15-20)27(14-13-26(17(2)3)18(4)5)25(29)28(21)35(30,31)24-12-10-19(32-6)16-23(24)33-7/h9-12,15-18H,8,13-14H2,1-7H3. The van der Waals surface area contributed by atoms with Crippen LogP contribution in [0.1, 0.15) is 34.6 Å². The molecular formula is C25H35N3O6S. The minimum atomic E-state index is -4.29. The smallest absolute Gasteiger partial charge is 0.343 e. The lowest BCUT2D eigenvalue weighted by atomic mass is 10.2. The topological polar surface area (TPSA) is 92.0 Å². The Morgan fingerprint density at radius 1 is 0.914 bits per heavy atom. The zero-order chi connectivity index (χ0) is 25.9. The van der Waals surface area contributed by atoms with Crippen molar-refractivity contribution < 1.29 is 22.6 Å². The Morgan fingerprint density at radius 3 is 2.14 bits per heavy atom. The third kappa shape index (κ3) is 5.18. The average molecular weight is 506 g/mol. The van der Waals surface area contributed by atoms with Crippen LogP contribution in [0.15, 0.2) is 46.1 Å². The minimum Gasteiger partial charge on any atom is -0.497 e. The zero-order valence-corrected chi connectivity index (χ0v) is 22.3. The van der Waals surface area contributed by atoms with Gasteiger partial charge in [-0.1, -0.05) is 0 Å². The SMILES string of the molecule is CCOc1ccc2c(c1)n(CCN(C(C)C)C(C)C)c(=O)n2S(=O)(=O)c1ccc(OC)cc1OC. The van der Waals surface area contributed by atoms with Gasteiger partial charge in [-0.3, -0.25) is 9.47 Å². The number of rotatable bonds is 11. The maximum atomic E-state index is 13.8. The first-order valence-corrected chi connectivity index (χ1v) is 13.1. The van der Waals surface area contributed by atoms with E-state index in [4.69, 9.17) is 14.2 Å². The molecule has 9 nitrogen and oxygen atoms in total. The highest BCUT2D eigenvalue weighted by atomic mass is 32.2. The highest BCUT2D eigenvalue weighted by Gasteiger charge is 2.29. The summed E-state index contributed by atoms with van der Waals surface area (Å²) in [7, 11) is -1.43. The third-order valence-corrected chi connectivity index (χ3v) is 7.70. The molecule has 0 radical (unpaired) electrons. The van der Waals surface area contributed by atoms with Crippen LogP contribution in [0.5, 0.6) is 17.2 Å². The van der Waals surface area contributed by atoms with Crippen molar-refractivity contribution in [2.75, 3.05) is 27.4 Å². The number of ether oxygens (including phenoxy) is 3. The number of imidazole rings is 1. The van der Waals surface area contributed by atoms with Gasteiger partial charge in [0.15, 0.2) is 0 Å². The van der Waals surface area contributed by atoms with Crippen molar-refractivity contribution in [3.05, 3.63) is 46.9 Å². The molecule has 0 aliphatic rings. The molecule has 2 aromatic carbocycles. The molecule has 35 heavy (non-hydrogen) atoms. The third-order valence-electron chi connectivity index (χ3n) is 5.97. The second-order valence-corrected chi connectivity index (χ2v) is 10.5. The summed E-state index contributed by atoms with van der Waals surface area (Å²) < 4.78 is 46.1. The predicted octanol–water partition coefficient (Wildman–Crippen LogP) is 3.57. The molecule has 0 N–H and O–H groups in total. The number of methoxy groups -OCH3 is 2. The molecule has 0 fully saturated rings. The Hall–Kier alpha value is -2.98. The molecule has 10 heteroatoms. The van der Waals surface area contributed by atoms with Crippen molar-refractivity contribution in [2.45, 2.75) is 58.1 Å². The number of hydrogen-bond acceptors (Lipinski definition) is 7. The van der Waals surface area contributed by atoms with E-state index in [0.717, 1.165) is 3.97 Å². The lowest BCUT2D eigenvalue weighted by Crippen LogP contribution is -2.40. The molecular weight excluding hydrogens is 470 g/mol. The van der Waals surface area contributed by atoms with Gasteiger partial charge in [-0.15, -0.1) is 0 Å². The Balaban J connectivity index is 2.23. The van der Waals surface area contributed by atoms with Crippen LogP contribution in [0, 0.1) is 0 Å². The van der Waals surface area contributed by atoms with E-state index in [9.17, 15) is 13.2 Å². The number of aromatic nitrogens is 2. The van der Waals surface area contributed by atoms with E-state index in [2.05, 4.69) is 32.6 Å². The van der Waals surface area contributed by atoms with Crippen LogP contribution in [0.4, 0.5) is 0 Å². The van der Waals surface area contributed by atoms with Gasteiger partial charge in [-0.05, 0) is 58.9 Å². The van der Waals surface area contributed by atoms with Gasteiger partial charge in [0.1, 0.15) is 22.1 Å². The highest BCUT2D eigenvalue weighted by Crippen LogP contribution is 2.31. The van der Waals surface area contributed by atoms with Gasteiger partial charge in [0.25, 0.3) is 10.0 Å². The number of hydrogen-bond donors (Lipinski definition) is 0. The fourth-order valence-corrected chi connectivity index (χ4v) is 5.88. The Bertz CT molecular complexity index is 1330. The molecule has 0 aliphatic heterocycles. The van der Waals surface area contributed by atoms with Crippen molar-refractivity contribution in [2.24, 2.45) is 0 Å². The van der Waals surface area contributed by atoms with Crippen molar-refractivity contribution in [3.63, 3.8) is 0 Å². The highest BCUT2D eigenvalue weighted by molar-refractivity contribution is 7.90. The Labute approximate surface area is 206 Å². The summed E-state index contributed by atoms with van der Waals surface area (Å²) in [6, 6.07) is 9.91. The fraction of sp³-hybridized carbons (Fsp3) is 0.480. The summed E-state index contributed by atoms with van der Waals surface area (Å²) >= 11 is 0. The summed E-state index contributed by atoms with van der Waals surface area (Å²) in [5, 5.41) is 0. The maximum absolute atomic E-state index is 13.8. The van der Waals surface area contributed by atoms with Gasteiger partial charge >= 0.3 is 5.69 Å². The van der Waals surface area contributed by atoms with Crippen LogP contribution in [-0.2, 0) is 16.6 Å². The van der Waals surface area contributed by atoms with Crippen molar-refractivity contribution in [1.82, 2.24) is 13.4 Å². The van der Waals surface area contributed by atoms with E-state index in [0.29, 0.717) is 36.7 Å². The molecule has 0 bridgehead atoms. The maximum Gasteiger partial charge on any atom is 0.343 e. The van der Waals surface area contributed by atoms with Crippen LogP contribution >= 0.6 is 0 Å². The number of fused-ring (bicyclic) bond motifs is 1. The molecule has 0 saturated carbocycles. The Morgan fingerprint density at radius 2 is 1.57 bits per heavy atom. The summed E-state index contributed by atoms with van der Waals surface area (Å²) in [4.78, 5) is 15.8. The molecule has 0 atom stereocenters. The van der Waals surface area contributed by atoms with Gasteiger partial charge in [0.2, 0.25) is 0 Å². The zero-order valence-electron chi connectivity index (χ0n) is 21.4. The minimum absolute atomic E-state index is 0.0916. The number of benzene rings is 2. The summed E-state index contributed by atoms with van der Waals surface area (Å²) in [5.74, 6) is 1.10. The van der Waals surface area contributed by atoms with Crippen molar-refractivity contribution >= 4 is 21.1 Å². The second kappa shape index (κ2) is 10.7. The summed E-state index contributed by atoms with van der Waals surface area (Å²) in [6.07, 6.45) is 0. The first kappa shape index (κ1) is 26.6. The number of nitrogens with zero attached hydrogens (tertiary/aromatic N) is 3. The summed E-state index contributed by atoms with van der Waals surface area (Å²) in [5.41, 5.74) is 0.125. The molecule has 0 amide bonds. The molecule has 1 aromatic heterocycles. The van der Waals surface area contributed by atoms with Crippen LogP contribution in [0.3, 0.4) is 0 Å². The van der Waals surface area contributed by atoms with E-state index in [-0.39, 0.29) is 28.2 Å². The van der Waals surface area contributed by atoms with Gasteiger partial charge < -0.3 is 14.2 Å². The monoisotopic (exact) mass is 505 g/mol. The van der Waals surface area contributed by atoms with E-state index < -0.39 is 15.7 Å². The molecule has 1 heterocycles. The van der Waals surface area contributed by atoms with Crippen LogP contribution < -0.4 is 19.9 Å². The first-order valence-electron chi connectivity index (χ1n) is 11.7. The molecule has 0 saturated heterocycles. The lowest BCUT2D eigenvalue weighted by molar-refractivity contribution is 0.168. The average Bonchev–Trinajstić information content (AvgIpc) is 3.09. The molecule has 0 spiro atoms. The molecule has 0 aliphatic carbocycles. The second-order valence-electron chi connectivity index (χ2n) is 8.73. The van der Waals surface area contributed by atoms with E-state index in [1.54, 1.807) is 18.2 Å². The largest absolute Gasteiger partial charge is 0.497 e. The first-order chi connectivity index (χ1) is 16.6. The van der Waals surface area contributed by atoms with E-state index in [1.807, 2.05) is 6.92 Å². The van der Waals surface area contributed by atoms with E-state index in [1.165, 1.54) is 37.0 Å². The van der Waals surface area contributed by atoms with Crippen LogP contribution in [0.2, 0.25) is 0 Å². The van der Waals surface area contributed by atoms with Crippen LogP contribution in [0.25, 0.3) is 11.0 Å². The van der Waals surface area contributed by atoms with E-state index >= 15 is 0 Å². The lowest BCUT2D eigenvalue weighted by Gasteiger charge is -2.30. The molecule has 3 aromatic rings. The molecule has 192 valence electrons. The normalized spacial score (nSPS) is 12.2. The quantitative estimate of drug-likeness (QED) is 0.393. The van der Waals surface area contributed by atoms with Crippen LogP contribution in [-0.4, -0.2) is 61.3 Å². The van der Waals surface area contributed by atoms with Gasteiger partial charge in [0, 0.05) is 37.3 Å². The molecule has 0 unspecified atom stereocenters. The predicted molar refractivity (Wildman–Crippen MR) is 136 cm³/mol. The van der Waals surface area contributed by atoms with Gasteiger partial charge in [0.05, 0.1) is 31.9 Å². The van der Waals surface area contributed by atoms with Gasteiger partial charge in [-0.2, -0.15) is 3.97 Å². The summed E-state index contributed by atoms with van der Waals surface area (Å²) in [6.45, 7) is 11.6.